The predicted octanol–water partition coefficient (Wildman–Crippen LogP) is 3.25. The number of aromatic nitrogens is 4. The molecule has 0 N–H and O–H groups in total. The Morgan fingerprint density at radius 3 is 2.31 bits per heavy atom. The summed E-state index contributed by atoms with van der Waals surface area (Å²) in [6.07, 6.45) is 1.65. The smallest absolute Gasteiger partial charge is 0.173 e. The Balaban J connectivity index is 1.47. The lowest BCUT2D eigenvalue weighted by Crippen LogP contribution is -2.48. The van der Waals surface area contributed by atoms with Crippen molar-refractivity contribution in [3.8, 4) is 17.2 Å². The summed E-state index contributed by atoms with van der Waals surface area (Å²) in [5, 5.41) is 12.8. The van der Waals surface area contributed by atoms with Crippen LogP contribution >= 0.6 is 0 Å². The Kier molecular flexibility index (Phi) is 7.03. The monoisotopic (exact) mass is 490 g/mol. The topological polar surface area (TPSA) is 90.9 Å². The molecule has 10 heteroatoms. The summed E-state index contributed by atoms with van der Waals surface area (Å²) < 4.78 is 24.0. The third kappa shape index (κ3) is 4.85. The van der Waals surface area contributed by atoms with Gasteiger partial charge in [-0.15, -0.1) is 5.10 Å². The molecule has 2 aromatic heterocycles. The quantitative estimate of drug-likeness (QED) is 0.351. The fourth-order valence-electron chi connectivity index (χ4n) is 4.65. The zero-order valence-electron chi connectivity index (χ0n) is 20.7. The van der Waals surface area contributed by atoms with Crippen molar-refractivity contribution in [2.24, 2.45) is 0 Å². The Labute approximate surface area is 210 Å². The van der Waals surface area contributed by atoms with Gasteiger partial charge in [-0.05, 0) is 65.0 Å². The van der Waals surface area contributed by atoms with Crippen LogP contribution in [0.1, 0.15) is 23.2 Å². The van der Waals surface area contributed by atoms with Crippen molar-refractivity contribution in [3.05, 3.63) is 78.0 Å². The number of hydrogen-bond acceptors (Lipinski definition) is 9. The van der Waals surface area contributed by atoms with E-state index in [0.717, 1.165) is 60.6 Å². The van der Waals surface area contributed by atoms with Crippen molar-refractivity contribution < 1.29 is 18.6 Å². The second kappa shape index (κ2) is 10.7. The second-order valence-electron chi connectivity index (χ2n) is 8.51. The first kappa shape index (κ1) is 23.7. The van der Waals surface area contributed by atoms with Crippen LogP contribution in [0.2, 0.25) is 0 Å². The molecule has 1 aliphatic heterocycles. The predicted molar refractivity (Wildman–Crippen MR) is 134 cm³/mol. The molecule has 0 amide bonds. The van der Waals surface area contributed by atoms with E-state index in [0.29, 0.717) is 6.54 Å². The van der Waals surface area contributed by atoms with E-state index in [9.17, 15) is 0 Å². The van der Waals surface area contributed by atoms with Crippen molar-refractivity contribution in [1.82, 2.24) is 25.1 Å². The number of ether oxygens (including phenoxy) is 3. The lowest BCUT2D eigenvalue weighted by atomic mass is 10.0. The average Bonchev–Trinajstić information content (AvgIpc) is 3.62. The highest BCUT2D eigenvalue weighted by Gasteiger charge is 2.33. The fraction of sp³-hybridized carbons (Fsp3) is 0.346. The van der Waals surface area contributed by atoms with E-state index >= 15 is 0 Å². The lowest BCUT2D eigenvalue weighted by molar-refractivity contribution is 0.197. The van der Waals surface area contributed by atoms with Gasteiger partial charge in [0.15, 0.2) is 5.82 Å². The normalized spacial score (nSPS) is 15.0. The minimum Gasteiger partial charge on any atom is -0.497 e. The van der Waals surface area contributed by atoms with Crippen molar-refractivity contribution in [2.45, 2.75) is 12.6 Å². The summed E-state index contributed by atoms with van der Waals surface area (Å²) in [6.45, 7) is 3.77. The van der Waals surface area contributed by atoms with Crippen LogP contribution in [-0.4, -0.2) is 72.6 Å². The summed E-state index contributed by atoms with van der Waals surface area (Å²) in [5.41, 5.74) is 2.12. The highest BCUT2D eigenvalue weighted by atomic mass is 16.5. The molecule has 0 radical (unpaired) electrons. The van der Waals surface area contributed by atoms with E-state index in [4.69, 9.17) is 18.6 Å². The van der Waals surface area contributed by atoms with Crippen molar-refractivity contribution in [2.75, 3.05) is 52.4 Å². The molecule has 0 spiro atoms. The molecule has 1 saturated heterocycles. The molecule has 1 fully saturated rings. The SMILES string of the molecule is COc1ccc(N2CCN(C(c3cc(OC)ccc3OC)c3nnnn3Cc3ccco3)CC2)cc1. The van der Waals surface area contributed by atoms with Crippen LogP contribution in [0.5, 0.6) is 17.2 Å². The van der Waals surface area contributed by atoms with Gasteiger partial charge in [-0.25, -0.2) is 4.68 Å². The number of nitrogens with zero attached hydrogens (tertiary/aromatic N) is 6. The highest BCUT2D eigenvalue weighted by molar-refractivity contribution is 5.50. The summed E-state index contributed by atoms with van der Waals surface area (Å²) >= 11 is 0. The number of anilines is 1. The summed E-state index contributed by atoms with van der Waals surface area (Å²) in [5.74, 6) is 3.86. The van der Waals surface area contributed by atoms with Gasteiger partial charge in [-0.3, -0.25) is 4.90 Å². The van der Waals surface area contributed by atoms with Crippen molar-refractivity contribution in [3.63, 3.8) is 0 Å². The molecule has 36 heavy (non-hydrogen) atoms. The zero-order chi connectivity index (χ0) is 24.9. The van der Waals surface area contributed by atoms with Crippen LogP contribution in [0, 0.1) is 0 Å². The van der Waals surface area contributed by atoms with Crippen LogP contribution in [0.25, 0.3) is 0 Å². The van der Waals surface area contributed by atoms with Gasteiger partial charge in [0.2, 0.25) is 0 Å². The molecular formula is C26H30N6O4. The first-order valence-corrected chi connectivity index (χ1v) is 11.8. The van der Waals surface area contributed by atoms with Crippen LogP contribution in [0.4, 0.5) is 5.69 Å². The van der Waals surface area contributed by atoms with Gasteiger partial charge >= 0.3 is 0 Å². The third-order valence-corrected chi connectivity index (χ3v) is 6.54. The zero-order valence-corrected chi connectivity index (χ0v) is 20.7. The largest absolute Gasteiger partial charge is 0.497 e. The van der Waals surface area contributed by atoms with Crippen LogP contribution in [0.3, 0.4) is 0 Å². The molecule has 5 rings (SSSR count). The molecule has 10 nitrogen and oxygen atoms in total. The number of benzene rings is 2. The first-order chi connectivity index (χ1) is 17.7. The average molecular weight is 491 g/mol. The standard InChI is InChI=1S/C26H30N6O4/c1-33-20-8-6-19(7-9-20)30-12-14-31(15-13-30)25(23-17-21(34-2)10-11-24(23)35-3)26-27-28-29-32(26)18-22-5-4-16-36-22/h4-11,16-17,25H,12-15,18H2,1-3H3. The molecule has 1 aliphatic rings. The van der Waals surface area contributed by atoms with Gasteiger partial charge in [-0.2, -0.15) is 0 Å². The Morgan fingerprint density at radius 2 is 1.64 bits per heavy atom. The number of furan rings is 1. The molecule has 1 atom stereocenters. The van der Waals surface area contributed by atoms with Crippen LogP contribution < -0.4 is 19.1 Å². The summed E-state index contributed by atoms with van der Waals surface area (Å²) in [6, 6.07) is 17.6. The third-order valence-electron chi connectivity index (χ3n) is 6.54. The van der Waals surface area contributed by atoms with Crippen LogP contribution in [-0.2, 0) is 6.54 Å². The van der Waals surface area contributed by atoms with Gasteiger partial charge in [-0.1, -0.05) is 0 Å². The number of rotatable bonds is 9. The van der Waals surface area contributed by atoms with Gasteiger partial charge in [0.1, 0.15) is 35.6 Å². The summed E-state index contributed by atoms with van der Waals surface area (Å²) in [4.78, 5) is 4.77. The number of tetrazole rings is 1. The Hall–Kier alpha value is -4.05. The number of hydrogen-bond donors (Lipinski definition) is 0. The Morgan fingerprint density at radius 1 is 0.889 bits per heavy atom. The van der Waals surface area contributed by atoms with Gasteiger partial charge in [0.25, 0.3) is 0 Å². The molecular weight excluding hydrogens is 460 g/mol. The van der Waals surface area contributed by atoms with Gasteiger partial charge in [0, 0.05) is 37.4 Å². The van der Waals surface area contributed by atoms with Gasteiger partial charge < -0.3 is 23.5 Å². The molecule has 188 valence electrons. The Bertz CT molecular complexity index is 1250. The molecule has 0 saturated carbocycles. The number of piperazine rings is 1. The summed E-state index contributed by atoms with van der Waals surface area (Å²) in [7, 11) is 5.02. The maximum atomic E-state index is 5.77. The maximum Gasteiger partial charge on any atom is 0.173 e. The molecule has 3 heterocycles. The maximum absolute atomic E-state index is 5.77. The van der Waals surface area contributed by atoms with E-state index in [2.05, 4.69) is 37.5 Å². The first-order valence-electron chi connectivity index (χ1n) is 11.8. The van der Waals surface area contributed by atoms with Crippen molar-refractivity contribution in [1.29, 1.82) is 0 Å². The highest BCUT2D eigenvalue weighted by Crippen LogP contribution is 2.37. The lowest BCUT2D eigenvalue weighted by Gasteiger charge is -2.40. The minimum absolute atomic E-state index is 0.238. The molecule has 0 bridgehead atoms. The molecule has 0 aliphatic carbocycles. The van der Waals surface area contributed by atoms with E-state index in [1.165, 1.54) is 5.69 Å². The molecule has 2 aromatic carbocycles. The molecule has 1 unspecified atom stereocenters. The molecule has 4 aromatic rings. The van der Waals surface area contributed by atoms with E-state index < -0.39 is 0 Å². The number of methoxy groups -OCH3 is 3. The second-order valence-corrected chi connectivity index (χ2v) is 8.51. The van der Waals surface area contributed by atoms with E-state index in [1.54, 1.807) is 32.3 Å². The van der Waals surface area contributed by atoms with E-state index in [-0.39, 0.29) is 6.04 Å². The van der Waals surface area contributed by atoms with E-state index in [1.807, 2.05) is 42.5 Å². The fourth-order valence-corrected chi connectivity index (χ4v) is 4.65. The van der Waals surface area contributed by atoms with Crippen molar-refractivity contribution >= 4 is 5.69 Å². The minimum atomic E-state index is -0.238. The van der Waals surface area contributed by atoms with Crippen LogP contribution in [0.15, 0.2) is 65.3 Å². The van der Waals surface area contributed by atoms with Gasteiger partial charge in [0.05, 0.1) is 27.6 Å².